The molecule has 0 aromatic heterocycles. The van der Waals surface area contributed by atoms with Crippen LogP contribution < -0.4 is 10.9 Å². The van der Waals surface area contributed by atoms with Crippen molar-refractivity contribution in [2.24, 2.45) is 10.2 Å². The first-order chi connectivity index (χ1) is 14.9. The Bertz CT molecular complexity index is 862. The predicted molar refractivity (Wildman–Crippen MR) is 127 cm³/mol. The lowest BCUT2D eigenvalue weighted by molar-refractivity contribution is -0.121. The maximum absolute atomic E-state index is 11.8. The number of nitrogens with zero attached hydrogens (tertiary/aromatic N) is 2. The summed E-state index contributed by atoms with van der Waals surface area (Å²) in [6.07, 6.45) is 5.35. The normalized spacial score (nSPS) is 11.2. The number of hydrogen-bond donors (Lipinski definition) is 2. The molecule has 0 fully saturated rings. The van der Waals surface area contributed by atoms with E-state index in [1.54, 1.807) is 36.4 Å². The largest absolute Gasteiger partial charge is 0.273 e. The van der Waals surface area contributed by atoms with Crippen molar-refractivity contribution >= 4 is 70.6 Å². The first kappa shape index (κ1) is 25.1. The van der Waals surface area contributed by atoms with Crippen molar-refractivity contribution in [1.29, 1.82) is 0 Å². The number of hydrazone groups is 2. The molecule has 0 unspecified atom stereocenters. The van der Waals surface area contributed by atoms with Gasteiger partial charge in [-0.2, -0.15) is 10.2 Å². The van der Waals surface area contributed by atoms with Gasteiger partial charge in [0.2, 0.25) is 11.8 Å². The van der Waals surface area contributed by atoms with Crippen LogP contribution in [0, 0.1) is 0 Å². The van der Waals surface area contributed by atoms with Gasteiger partial charge in [-0.3, -0.25) is 9.59 Å². The molecule has 0 saturated carbocycles. The van der Waals surface area contributed by atoms with Crippen molar-refractivity contribution in [2.75, 3.05) is 0 Å². The van der Waals surface area contributed by atoms with Gasteiger partial charge in [-0.25, -0.2) is 10.9 Å². The second kappa shape index (κ2) is 13.3. The second-order valence-corrected chi connectivity index (χ2v) is 8.05. The summed E-state index contributed by atoms with van der Waals surface area (Å²) in [5.74, 6) is -0.463. The molecule has 6 nitrogen and oxygen atoms in total. The fourth-order valence-corrected chi connectivity index (χ4v) is 3.46. The van der Waals surface area contributed by atoms with Crippen LogP contribution in [0.25, 0.3) is 0 Å². The smallest absolute Gasteiger partial charge is 0.240 e. The number of nitrogens with one attached hydrogen (secondary N) is 2. The highest BCUT2D eigenvalue weighted by Crippen LogP contribution is 2.22. The molecule has 31 heavy (non-hydrogen) atoms. The molecule has 0 aliphatic rings. The molecule has 164 valence electrons. The monoisotopic (exact) mass is 500 g/mol. The Balaban J connectivity index is 1.61. The van der Waals surface area contributed by atoms with Gasteiger partial charge in [-0.05, 0) is 37.1 Å². The number of rotatable bonds is 10. The molecule has 10 heteroatoms. The minimum absolute atomic E-state index is 0.231. The van der Waals surface area contributed by atoms with E-state index in [1.807, 2.05) is 0 Å². The fourth-order valence-electron chi connectivity index (χ4n) is 2.47. The van der Waals surface area contributed by atoms with Gasteiger partial charge >= 0.3 is 0 Å². The van der Waals surface area contributed by atoms with Crippen molar-refractivity contribution in [3.8, 4) is 0 Å². The maximum atomic E-state index is 11.8. The van der Waals surface area contributed by atoms with E-state index in [1.165, 1.54) is 12.4 Å². The van der Waals surface area contributed by atoms with E-state index in [4.69, 9.17) is 46.4 Å². The predicted octanol–water partition coefficient (Wildman–Crippen LogP) is 5.85. The second-order valence-electron chi connectivity index (χ2n) is 6.42. The maximum Gasteiger partial charge on any atom is 0.240 e. The number of benzene rings is 2. The highest BCUT2D eigenvalue weighted by atomic mass is 35.5. The van der Waals surface area contributed by atoms with Crippen molar-refractivity contribution in [2.45, 2.75) is 32.1 Å². The van der Waals surface area contributed by atoms with Crippen LogP contribution in [0.2, 0.25) is 20.1 Å². The number of carbonyl (C=O) groups is 2. The topological polar surface area (TPSA) is 82.9 Å². The first-order valence-electron chi connectivity index (χ1n) is 9.40. The third-order valence-corrected chi connectivity index (χ3v) is 5.39. The van der Waals surface area contributed by atoms with Crippen molar-refractivity contribution in [3.05, 3.63) is 67.6 Å². The van der Waals surface area contributed by atoms with Gasteiger partial charge in [0, 0.05) is 24.0 Å². The minimum Gasteiger partial charge on any atom is -0.273 e. The Labute approximate surface area is 200 Å². The SMILES string of the molecule is O=C(CCCCCC(=O)N/N=C/c1c(Cl)cccc1Cl)N/N=C/c1c(Cl)cccc1Cl. The summed E-state index contributed by atoms with van der Waals surface area (Å²) in [6, 6.07) is 10.2. The summed E-state index contributed by atoms with van der Waals surface area (Å²) in [7, 11) is 0. The molecule has 0 aliphatic carbocycles. The van der Waals surface area contributed by atoms with Gasteiger partial charge in [-0.15, -0.1) is 0 Å². The van der Waals surface area contributed by atoms with E-state index >= 15 is 0 Å². The van der Waals surface area contributed by atoms with Crippen LogP contribution in [0.1, 0.15) is 43.2 Å². The lowest BCUT2D eigenvalue weighted by Gasteiger charge is -2.03. The number of halogens is 4. The quantitative estimate of drug-likeness (QED) is 0.243. The highest BCUT2D eigenvalue weighted by molar-refractivity contribution is 6.39. The summed E-state index contributed by atoms with van der Waals surface area (Å²) in [5, 5.41) is 9.53. The van der Waals surface area contributed by atoms with Crippen molar-refractivity contribution in [1.82, 2.24) is 10.9 Å². The molecule has 0 atom stereocenters. The highest BCUT2D eigenvalue weighted by Gasteiger charge is 2.05. The summed E-state index contributed by atoms with van der Waals surface area (Å²) in [4.78, 5) is 23.6. The molecule has 2 rings (SSSR count). The molecule has 0 aliphatic heterocycles. The van der Waals surface area contributed by atoms with Gasteiger partial charge in [0.05, 0.1) is 32.5 Å². The Morgan fingerprint density at radius 2 is 1.03 bits per heavy atom. The summed E-state index contributed by atoms with van der Waals surface area (Å²) >= 11 is 24.1. The van der Waals surface area contributed by atoms with Crippen molar-refractivity contribution < 1.29 is 9.59 Å². The molecule has 2 N–H and O–H groups in total. The van der Waals surface area contributed by atoms with Crippen molar-refractivity contribution in [3.63, 3.8) is 0 Å². The first-order valence-corrected chi connectivity index (χ1v) is 10.9. The van der Waals surface area contributed by atoms with E-state index in [-0.39, 0.29) is 11.8 Å². The van der Waals surface area contributed by atoms with Gasteiger partial charge in [0.15, 0.2) is 0 Å². The van der Waals surface area contributed by atoms with E-state index in [0.29, 0.717) is 63.3 Å². The van der Waals surface area contributed by atoms with Crippen LogP contribution in [0.4, 0.5) is 0 Å². The molecule has 0 saturated heterocycles. The van der Waals surface area contributed by atoms with Crippen LogP contribution in [-0.4, -0.2) is 24.2 Å². The standard InChI is InChI=1S/C21H20Cl4N4O2/c22-16-6-4-7-17(23)14(16)12-26-28-20(30)10-2-1-3-11-21(31)29-27-13-15-18(24)8-5-9-19(15)25/h4-9,12-13H,1-3,10-11H2,(H,28,30)(H,29,31)/b26-12+,27-13+. The van der Waals surface area contributed by atoms with E-state index in [9.17, 15) is 9.59 Å². The number of carbonyl (C=O) groups excluding carboxylic acids is 2. The van der Waals surface area contributed by atoms with Crippen LogP contribution in [0.3, 0.4) is 0 Å². The van der Waals surface area contributed by atoms with Gasteiger partial charge in [0.25, 0.3) is 0 Å². The Hall–Kier alpha value is -2.12. The molecular weight excluding hydrogens is 482 g/mol. The zero-order valence-electron chi connectivity index (χ0n) is 16.4. The average Bonchev–Trinajstić information content (AvgIpc) is 2.72. The number of amides is 2. The molecule has 2 aromatic carbocycles. The van der Waals surface area contributed by atoms with Crippen LogP contribution in [-0.2, 0) is 9.59 Å². The lowest BCUT2D eigenvalue weighted by atomic mass is 10.1. The van der Waals surface area contributed by atoms with Crippen LogP contribution in [0.15, 0.2) is 46.6 Å². The Morgan fingerprint density at radius 3 is 1.39 bits per heavy atom. The lowest BCUT2D eigenvalue weighted by Crippen LogP contribution is -2.18. The molecule has 0 spiro atoms. The zero-order valence-corrected chi connectivity index (χ0v) is 19.4. The molecular formula is C21H20Cl4N4O2. The third kappa shape index (κ3) is 8.87. The molecule has 0 heterocycles. The van der Waals surface area contributed by atoms with E-state index < -0.39 is 0 Å². The summed E-state index contributed by atoms with van der Waals surface area (Å²) < 4.78 is 0. The van der Waals surface area contributed by atoms with Gasteiger partial charge < -0.3 is 0 Å². The molecule has 2 aromatic rings. The third-order valence-electron chi connectivity index (χ3n) is 4.07. The molecule has 0 radical (unpaired) electrons. The average molecular weight is 502 g/mol. The number of hydrogen-bond acceptors (Lipinski definition) is 4. The Kier molecular flexibility index (Phi) is 10.8. The Morgan fingerprint density at radius 1 is 0.677 bits per heavy atom. The van der Waals surface area contributed by atoms with E-state index in [0.717, 1.165) is 0 Å². The molecule has 2 amide bonds. The molecule has 0 bridgehead atoms. The van der Waals surface area contributed by atoms with E-state index in [2.05, 4.69) is 21.1 Å². The minimum atomic E-state index is -0.231. The van der Waals surface area contributed by atoms with Gasteiger partial charge in [-0.1, -0.05) is 65.0 Å². The van der Waals surface area contributed by atoms with Gasteiger partial charge in [0.1, 0.15) is 0 Å². The zero-order chi connectivity index (χ0) is 22.6. The summed E-state index contributed by atoms with van der Waals surface area (Å²) in [5.41, 5.74) is 5.94. The number of unbranched alkanes of at least 4 members (excludes halogenated alkanes) is 2. The van der Waals surface area contributed by atoms with Crippen LogP contribution in [0.5, 0.6) is 0 Å². The summed E-state index contributed by atoms with van der Waals surface area (Å²) in [6.45, 7) is 0. The fraction of sp³-hybridized carbons (Fsp3) is 0.238. The van der Waals surface area contributed by atoms with Crippen LogP contribution >= 0.6 is 46.4 Å².